The van der Waals surface area contributed by atoms with Crippen LogP contribution in [-0.4, -0.2) is 34.7 Å². The molecule has 3 aromatic rings. The molecule has 214 valence electrons. The van der Waals surface area contributed by atoms with E-state index in [9.17, 15) is 14.7 Å². The number of primary amides is 1. The predicted octanol–water partition coefficient (Wildman–Crippen LogP) is 2.74. The third-order valence-electron chi connectivity index (χ3n) is 7.44. The number of nitrogen functional groups attached to an aromatic ring is 2. The van der Waals surface area contributed by atoms with Crippen LogP contribution in [0.3, 0.4) is 0 Å². The quantitative estimate of drug-likeness (QED) is 0.136. The van der Waals surface area contributed by atoms with E-state index in [1.165, 1.54) is 12.1 Å². The Morgan fingerprint density at radius 1 is 0.780 bits per heavy atom. The van der Waals surface area contributed by atoms with Crippen LogP contribution in [0, 0.1) is 10.8 Å². The summed E-state index contributed by atoms with van der Waals surface area (Å²) in [7, 11) is 0. The topological polar surface area (TPSA) is 225 Å². The van der Waals surface area contributed by atoms with Crippen LogP contribution >= 0.6 is 0 Å². The molecule has 0 aromatic heterocycles. The largest absolute Gasteiger partial charge is 0.488 e. The van der Waals surface area contributed by atoms with Crippen LogP contribution in [0.1, 0.15) is 63.9 Å². The fourth-order valence-electron chi connectivity index (χ4n) is 5.02. The molecule has 0 bridgehead atoms. The molecular weight excluding hydrogens is 524 g/mol. The molecule has 0 aliphatic heterocycles. The van der Waals surface area contributed by atoms with E-state index >= 15 is 0 Å². The molecule has 0 saturated heterocycles. The van der Waals surface area contributed by atoms with Crippen LogP contribution < -0.4 is 32.4 Å². The summed E-state index contributed by atoms with van der Waals surface area (Å²) >= 11 is 0. The van der Waals surface area contributed by atoms with E-state index in [0.717, 1.165) is 11.1 Å². The van der Waals surface area contributed by atoms with E-state index in [1.807, 2.05) is 0 Å². The van der Waals surface area contributed by atoms with Crippen molar-refractivity contribution in [2.24, 2.45) is 22.9 Å². The number of carboxylic acid groups (broad SMARTS) is 1. The molecular formula is C30H34N6O5. The summed E-state index contributed by atoms with van der Waals surface area (Å²) in [6.45, 7) is 0.100. The Bertz CT molecular complexity index is 1380. The summed E-state index contributed by atoms with van der Waals surface area (Å²) in [5, 5.41) is 25.8. The molecule has 0 unspecified atom stereocenters. The summed E-state index contributed by atoms with van der Waals surface area (Å²) in [6, 6.07) is 16.6. The molecule has 41 heavy (non-hydrogen) atoms. The smallest absolute Gasteiger partial charge is 0.314 e. The number of ether oxygens (including phenoxy) is 2. The second kappa shape index (κ2) is 12.1. The Balaban J connectivity index is 1.77. The number of carbonyl (C=O) groups is 2. The Kier molecular flexibility index (Phi) is 8.58. The van der Waals surface area contributed by atoms with Gasteiger partial charge >= 0.3 is 5.97 Å². The lowest BCUT2D eigenvalue weighted by atomic mass is 9.67. The second-order valence-corrected chi connectivity index (χ2v) is 10.2. The lowest BCUT2D eigenvalue weighted by Crippen LogP contribution is -2.43. The van der Waals surface area contributed by atoms with Gasteiger partial charge in [0.25, 0.3) is 0 Å². The van der Waals surface area contributed by atoms with Crippen molar-refractivity contribution >= 4 is 23.5 Å². The fraction of sp³-hybridized carbons (Fsp3) is 0.267. The lowest BCUT2D eigenvalue weighted by molar-refractivity contribution is -0.145. The molecule has 0 heterocycles. The molecule has 1 saturated carbocycles. The van der Waals surface area contributed by atoms with Gasteiger partial charge in [-0.1, -0.05) is 48.5 Å². The molecule has 1 aliphatic rings. The van der Waals surface area contributed by atoms with E-state index < -0.39 is 17.3 Å². The van der Waals surface area contributed by atoms with E-state index in [1.54, 1.807) is 48.5 Å². The number of hydrogen-bond donors (Lipinski definition) is 7. The first-order valence-corrected chi connectivity index (χ1v) is 13.1. The van der Waals surface area contributed by atoms with Gasteiger partial charge in [0.2, 0.25) is 5.91 Å². The molecule has 0 spiro atoms. The fourth-order valence-corrected chi connectivity index (χ4v) is 5.02. The summed E-state index contributed by atoms with van der Waals surface area (Å²) in [6.07, 6.45) is 1.49. The molecule has 11 N–H and O–H groups in total. The number of aliphatic carboxylic acids is 1. The second-order valence-electron chi connectivity index (χ2n) is 10.2. The lowest BCUT2D eigenvalue weighted by Gasteiger charge is -2.38. The number of amidine groups is 2. The highest BCUT2D eigenvalue weighted by atomic mass is 16.5. The first-order valence-electron chi connectivity index (χ1n) is 13.1. The Hall–Kier alpha value is -4.90. The molecule has 1 fully saturated rings. The highest BCUT2D eigenvalue weighted by Gasteiger charge is 2.47. The van der Waals surface area contributed by atoms with Crippen molar-refractivity contribution in [1.82, 2.24) is 0 Å². The van der Waals surface area contributed by atoms with Gasteiger partial charge in [0.15, 0.2) is 0 Å². The van der Waals surface area contributed by atoms with Gasteiger partial charge in [-0.3, -0.25) is 20.4 Å². The molecule has 1 aliphatic carbocycles. The third-order valence-corrected chi connectivity index (χ3v) is 7.44. The van der Waals surface area contributed by atoms with Gasteiger partial charge in [-0.05, 0) is 48.9 Å². The molecule has 3 aromatic carbocycles. The highest BCUT2D eigenvalue weighted by molar-refractivity contribution is 5.96. The minimum absolute atomic E-state index is 0.0502. The molecule has 11 heteroatoms. The minimum atomic E-state index is -1.37. The van der Waals surface area contributed by atoms with E-state index in [2.05, 4.69) is 0 Å². The van der Waals surface area contributed by atoms with E-state index in [0.29, 0.717) is 29.5 Å². The van der Waals surface area contributed by atoms with Crippen LogP contribution in [0.4, 0.5) is 0 Å². The summed E-state index contributed by atoms with van der Waals surface area (Å²) in [4.78, 5) is 25.3. The number of carbonyl (C=O) groups excluding carboxylic acids is 1. The summed E-state index contributed by atoms with van der Waals surface area (Å²) < 4.78 is 12.4. The van der Waals surface area contributed by atoms with Crippen molar-refractivity contribution in [3.8, 4) is 11.5 Å². The van der Waals surface area contributed by atoms with Crippen molar-refractivity contribution in [1.29, 1.82) is 10.8 Å². The predicted molar refractivity (Wildman–Crippen MR) is 154 cm³/mol. The first-order chi connectivity index (χ1) is 19.5. The van der Waals surface area contributed by atoms with Gasteiger partial charge < -0.3 is 37.5 Å². The number of hydrogen-bond acceptors (Lipinski definition) is 7. The van der Waals surface area contributed by atoms with Gasteiger partial charge in [0.05, 0.1) is 5.56 Å². The Morgan fingerprint density at radius 3 is 1.54 bits per heavy atom. The zero-order chi connectivity index (χ0) is 29.7. The average molecular weight is 559 g/mol. The Morgan fingerprint density at radius 2 is 1.20 bits per heavy atom. The van der Waals surface area contributed by atoms with E-state index in [4.69, 9.17) is 43.2 Å². The Labute approximate surface area is 237 Å². The van der Waals surface area contributed by atoms with Gasteiger partial charge in [0.1, 0.15) is 41.8 Å². The maximum atomic E-state index is 13.0. The monoisotopic (exact) mass is 558 g/mol. The van der Waals surface area contributed by atoms with Crippen molar-refractivity contribution in [3.05, 3.63) is 94.0 Å². The van der Waals surface area contributed by atoms with Gasteiger partial charge in [-0.25, -0.2) is 0 Å². The van der Waals surface area contributed by atoms with Crippen LogP contribution in [0.15, 0.2) is 60.7 Å². The normalized spacial score (nSPS) is 18.3. The van der Waals surface area contributed by atoms with Crippen LogP contribution in [0.2, 0.25) is 0 Å². The first kappa shape index (κ1) is 29.1. The number of nitrogens with one attached hydrogen (secondary N) is 2. The molecule has 11 nitrogen and oxygen atoms in total. The molecule has 1 amide bonds. The number of rotatable bonds is 11. The third kappa shape index (κ3) is 6.47. The van der Waals surface area contributed by atoms with Crippen molar-refractivity contribution in [3.63, 3.8) is 0 Å². The van der Waals surface area contributed by atoms with Crippen molar-refractivity contribution < 1.29 is 24.2 Å². The summed E-state index contributed by atoms with van der Waals surface area (Å²) in [5.74, 6) is -1.54. The van der Waals surface area contributed by atoms with Crippen molar-refractivity contribution in [2.75, 3.05) is 0 Å². The molecule has 0 atom stereocenters. The van der Waals surface area contributed by atoms with Gasteiger partial charge in [-0.2, -0.15) is 0 Å². The molecule has 4 rings (SSSR count). The van der Waals surface area contributed by atoms with Crippen LogP contribution in [-0.2, 0) is 23.4 Å². The number of benzene rings is 3. The maximum Gasteiger partial charge on any atom is 0.314 e. The highest BCUT2D eigenvalue weighted by Crippen LogP contribution is 2.48. The van der Waals surface area contributed by atoms with E-state index in [-0.39, 0.29) is 60.8 Å². The SMILES string of the molecule is N=C(N)c1ccc(COc2cc(C(N)=O)cc(OCc3ccc(C(=N)N)cc3)c2C2(C(=O)O)CCC(N)CC2)cc1. The zero-order valence-electron chi connectivity index (χ0n) is 22.5. The van der Waals surface area contributed by atoms with Crippen molar-refractivity contribution in [2.45, 2.75) is 50.4 Å². The standard InChI is InChI=1S/C30H34N6O5/c31-22-9-11-30(12-10-22,29(38)39)25-23(40-15-17-1-5-19(6-2-17)26(32)33)13-21(28(36)37)14-24(25)41-16-18-3-7-20(8-4-18)27(34)35/h1-8,13-14,22H,9-12,15-16,31H2,(H3,32,33)(H3,34,35)(H2,36,37)(H,38,39). The number of carboxylic acids is 1. The summed E-state index contributed by atoms with van der Waals surface area (Å²) in [5.41, 5.74) is 24.6. The maximum absolute atomic E-state index is 13.0. The average Bonchev–Trinajstić information content (AvgIpc) is 2.95. The minimum Gasteiger partial charge on any atom is -0.488 e. The number of nitrogens with two attached hydrogens (primary N) is 4. The zero-order valence-corrected chi connectivity index (χ0v) is 22.5. The molecule has 0 radical (unpaired) electrons. The number of amides is 1. The van der Waals surface area contributed by atoms with Crippen LogP contribution in [0.25, 0.3) is 0 Å². The van der Waals surface area contributed by atoms with Crippen LogP contribution in [0.5, 0.6) is 11.5 Å². The van der Waals surface area contributed by atoms with Gasteiger partial charge in [-0.15, -0.1) is 0 Å². The van der Waals surface area contributed by atoms with Gasteiger partial charge in [0, 0.05) is 22.7 Å².